The van der Waals surface area contributed by atoms with Crippen molar-refractivity contribution in [2.45, 2.75) is 13.0 Å². The summed E-state index contributed by atoms with van der Waals surface area (Å²) >= 11 is 0. The summed E-state index contributed by atoms with van der Waals surface area (Å²) in [4.78, 5) is 19.2. The Hall–Kier alpha value is -2.90. The second-order valence-electron chi connectivity index (χ2n) is 7.07. The number of pyridine rings is 1. The minimum atomic E-state index is -0.0566. The lowest BCUT2D eigenvalue weighted by molar-refractivity contribution is 0.0374. The maximum atomic E-state index is 12.3. The van der Waals surface area contributed by atoms with Crippen molar-refractivity contribution in [3.63, 3.8) is 0 Å². The molecule has 0 aliphatic carbocycles. The molecule has 4 rings (SSSR count). The minimum absolute atomic E-state index is 0.0566. The van der Waals surface area contributed by atoms with Gasteiger partial charge < -0.3 is 19.2 Å². The Bertz CT molecular complexity index is 900. The lowest BCUT2D eigenvalue weighted by atomic mass is 10.2. The highest BCUT2D eigenvalue weighted by molar-refractivity contribution is 5.94. The molecular weight excluding hydrogens is 368 g/mol. The number of aromatic nitrogens is 2. The van der Waals surface area contributed by atoms with Gasteiger partial charge in [0.25, 0.3) is 5.91 Å². The van der Waals surface area contributed by atoms with E-state index in [1.807, 2.05) is 47.1 Å². The van der Waals surface area contributed by atoms with Crippen LogP contribution in [0, 0.1) is 0 Å². The van der Waals surface area contributed by atoms with Gasteiger partial charge in [0, 0.05) is 37.6 Å². The van der Waals surface area contributed by atoms with Crippen molar-refractivity contribution in [2.75, 3.05) is 39.4 Å². The Balaban J connectivity index is 1.21. The third kappa shape index (κ3) is 5.34. The number of ether oxygens (including phenoxy) is 2. The topological polar surface area (TPSA) is 68.1 Å². The van der Waals surface area contributed by atoms with Crippen LogP contribution in [0.5, 0.6) is 5.75 Å². The number of morpholine rings is 1. The summed E-state index contributed by atoms with van der Waals surface area (Å²) in [5, 5.41) is 2.98. The minimum Gasteiger partial charge on any atom is -0.487 e. The quantitative estimate of drug-likeness (QED) is 0.594. The molecule has 1 fully saturated rings. The van der Waals surface area contributed by atoms with E-state index in [1.165, 1.54) is 0 Å². The molecule has 3 heterocycles. The molecule has 0 spiro atoms. The Kier molecular flexibility index (Phi) is 6.38. The van der Waals surface area contributed by atoms with E-state index in [2.05, 4.69) is 15.2 Å². The second kappa shape index (κ2) is 9.54. The van der Waals surface area contributed by atoms with Crippen LogP contribution in [-0.4, -0.2) is 59.6 Å². The third-order valence-electron chi connectivity index (χ3n) is 4.96. The Labute approximate surface area is 170 Å². The molecule has 29 heavy (non-hydrogen) atoms. The SMILES string of the molecule is O=C(NCCCN1CCOCC1)c1ccc(OCc2cn3ccccc3n2)cc1. The van der Waals surface area contributed by atoms with Crippen LogP contribution in [0.2, 0.25) is 0 Å². The monoisotopic (exact) mass is 394 g/mol. The van der Waals surface area contributed by atoms with Gasteiger partial charge in [0.15, 0.2) is 0 Å². The Morgan fingerprint density at radius 2 is 1.97 bits per heavy atom. The van der Waals surface area contributed by atoms with E-state index >= 15 is 0 Å². The molecule has 152 valence electrons. The summed E-state index contributed by atoms with van der Waals surface area (Å²) in [6.45, 7) is 5.60. The van der Waals surface area contributed by atoms with Crippen LogP contribution in [0.15, 0.2) is 54.9 Å². The average Bonchev–Trinajstić information content (AvgIpc) is 3.19. The first-order valence-corrected chi connectivity index (χ1v) is 10.0. The highest BCUT2D eigenvalue weighted by Gasteiger charge is 2.10. The predicted octanol–water partition coefficient (Wildman–Crippen LogP) is 2.37. The van der Waals surface area contributed by atoms with Crippen molar-refractivity contribution in [2.24, 2.45) is 0 Å². The molecule has 0 radical (unpaired) electrons. The summed E-state index contributed by atoms with van der Waals surface area (Å²) in [5.74, 6) is 0.657. The summed E-state index contributed by atoms with van der Waals surface area (Å²) in [7, 11) is 0. The highest BCUT2D eigenvalue weighted by Crippen LogP contribution is 2.14. The third-order valence-corrected chi connectivity index (χ3v) is 4.96. The maximum Gasteiger partial charge on any atom is 0.251 e. The van der Waals surface area contributed by atoms with Crippen LogP contribution in [0.1, 0.15) is 22.5 Å². The smallest absolute Gasteiger partial charge is 0.251 e. The van der Waals surface area contributed by atoms with E-state index in [0.29, 0.717) is 24.5 Å². The summed E-state index contributed by atoms with van der Waals surface area (Å²) in [6, 6.07) is 13.1. The van der Waals surface area contributed by atoms with E-state index in [4.69, 9.17) is 9.47 Å². The van der Waals surface area contributed by atoms with Gasteiger partial charge >= 0.3 is 0 Å². The van der Waals surface area contributed by atoms with E-state index < -0.39 is 0 Å². The molecule has 3 aromatic rings. The molecule has 7 heteroatoms. The maximum absolute atomic E-state index is 12.3. The van der Waals surface area contributed by atoms with Gasteiger partial charge in [-0.2, -0.15) is 0 Å². The van der Waals surface area contributed by atoms with Gasteiger partial charge in [0.2, 0.25) is 0 Å². The lowest BCUT2D eigenvalue weighted by Crippen LogP contribution is -2.38. The number of carbonyl (C=O) groups excluding carboxylic acids is 1. The fourth-order valence-corrected chi connectivity index (χ4v) is 3.35. The molecule has 0 saturated carbocycles. The predicted molar refractivity (Wildman–Crippen MR) is 110 cm³/mol. The zero-order valence-electron chi connectivity index (χ0n) is 16.4. The van der Waals surface area contributed by atoms with Crippen LogP contribution < -0.4 is 10.1 Å². The average molecular weight is 394 g/mol. The molecule has 1 amide bonds. The Morgan fingerprint density at radius 3 is 2.76 bits per heavy atom. The molecule has 1 aromatic carbocycles. The van der Waals surface area contributed by atoms with Crippen molar-refractivity contribution < 1.29 is 14.3 Å². The molecule has 2 aromatic heterocycles. The molecule has 1 saturated heterocycles. The summed E-state index contributed by atoms with van der Waals surface area (Å²) in [5.41, 5.74) is 2.39. The largest absolute Gasteiger partial charge is 0.487 e. The Morgan fingerprint density at radius 1 is 1.14 bits per heavy atom. The van der Waals surface area contributed by atoms with Gasteiger partial charge in [-0.05, 0) is 49.4 Å². The summed E-state index contributed by atoms with van der Waals surface area (Å²) < 4.78 is 13.1. The van der Waals surface area contributed by atoms with Crippen molar-refractivity contribution in [1.29, 1.82) is 0 Å². The molecular formula is C22H26N4O3. The number of hydrogen-bond donors (Lipinski definition) is 1. The van der Waals surface area contributed by atoms with Crippen molar-refractivity contribution in [3.8, 4) is 5.75 Å². The van der Waals surface area contributed by atoms with Crippen molar-refractivity contribution >= 4 is 11.6 Å². The summed E-state index contributed by atoms with van der Waals surface area (Å²) in [6.07, 6.45) is 4.85. The van der Waals surface area contributed by atoms with Crippen LogP contribution in [0.3, 0.4) is 0 Å². The van der Waals surface area contributed by atoms with Gasteiger partial charge in [-0.1, -0.05) is 6.07 Å². The van der Waals surface area contributed by atoms with Crippen LogP contribution >= 0.6 is 0 Å². The molecule has 0 unspecified atom stereocenters. The number of rotatable bonds is 8. The normalized spacial score (nSPS) is 14.8. The van der Waals surface area contributed by atoms with Crippen LogP contribution in [-0.2, 0) is 11.3 Å². The molecule has 1 aliphatic rings. The van der Waals surface area contributed by atoms with E-state index in [0.717, 1.165) is 50.6 Å². The number of amides is 1. The van der Waals surface area contributed by atoms with Gasteiger partial charge in [-0.15, -0.1) is 0 Å². The number of nitrogens with zero attached hydrogens (tertiary/aromatic N) is 3. The molecule has 0 bridgehead atoms. The van der Waals surface area contributed by atoms with Gasteiger partial charge in [0.05, 0.1) is 18.9 Å². The van der Waals surface area contributed by atoms with Crippen LogP contribution in [0.4, 0.5) is 0 Å². The van der Waals surface area contributed by atoms with Gasteiger partial charge in [-0.25, -0.2) is 4.98 Å². The number of nitrogens with one attached hydrogen (secondary N) is 1. The fraction of sp³-hybridized carbons (Fsp3) is 0.364. The van der Waals surface area contributed by atoms with Gasteiger partial charge in [0.1, 0.15) is 18.0 Å². The first-order chi connectivity index (χ1) is 14.3. The van der Waals surface area contributed by atoms with Crippen molar-refractivity contribution in [3.05, 3.63) is 66.1 Å². The lowest BCUT2D eigenvalue weighted by Gasteiger charge is -2.26. The molecule has 7 nitrogen and oxygen atoms in total. The number of benzene rings is 1. The number of carbonyl (C=O) groups is 1. The second-order valence-corrected chi connectivity index (χ2v) is 7.07. The van der Waals surface area contributed by atoms with Gasteiger partial charge in [-0.3, -0.25) is 9.69 Å². The number of hydrogen-bond acceptors (Lipinski definition) is 5. The first kappa shape index (κ1) is 19.4. The number of fused-ring (bicyclic) bond motifs is 1. The molecule has 1 N–H and O–H groups in total. The van der Waals surface area contributed by atoms with E-state index in [1.54, 1.807) is 12.1 Å². The van der Waals surface area contributed by atoms with E-state index in [9.17, 15) is 4.79 Å². The number of imidazole rings is 1. The zero-order valence-corrected chi connectivity index (χ0v) is 16.4. The van der Waals surface area contributed by atoms with Crippen molar-refractivity contribution in [1.82, 2.24) is 19.6 Å². The fourth-order valence-electron chi connectivity index (χ4n) is 3.35. The highest BCUT2D eigenvalue weighted by atomic mass is 16.5. The van der Waals surface area contributed by atoms with E-state index in [-0.39, 0.29) is 5.91 Å². The molecule has 0 atom stereocenters. The standard InChI is InChI=1S/C22H26N4O3/c27-22(23-9-3-10-25-12-14-28-15-13-25)18-5-7-20(8-6-18)29-17-19-16-26-11-2-1-4-21(26)24-19/h1-2,4-8,11,16H,3,9-10,12-15,17H2,(H,23,27). The van der Waals surface area contributed by atoms with Crippen LogP contribution in [0.25, 0.3) is 5.65 Å². The first-order valence-electron chi connectivity index (χ1n) is 10.0. The zero-order chi connectivity index (χ0) is 19.9. The molecule has 1 aliphatic heterocycles.